The molecule has 5 rings (SSSR count). The summed E-state index contributed by atoms with van der Waals surface area (Å²) in [5, 5.41) is 11.7. The minimum atomic E-state index is -0.486. The Morgan fingerprint density at radius 3 is 2.47 bits per heavy atom. The van der Waals surface area contributed by atoms with E-state index >= 15 is 0 Å². The third kappa shape index (κ3) is 4.64. The van der Waals surface area contributed by atoms with Gasteiger partial charge in [-0.3, -0.25) is 0 Å². The van der Waals surface area contributed by atoms with E-state index in [1.54, 1.807) is 0 Å². The average molecular weight is 472 g/mol. The highest BCUT2D eigenvalue weighted by Gasteiger charge is 2.45. The summed E-state index contributed by atoms with van der Waals surface area (Å²) in [4.78, 5) is 24.4. The molecule has 3 fully saturated rings. The second-order valence-electron chi connectivity index (χ2n) is 11.2. The van der Waals surface area contributed by atoms with Crippen LogP contribution in [0.25, 0.3) is 5.65 Å². The highest BCUT2D eigenvalue weighted by Crippen LogP contribution is 2.38. The molecule has 10 nitrogen and oxygen atoms in total. The molecule has 0 radical (unpaired) electrons. The summed E-state index contributed by atoms with van der Waals surface area (Å²) in [6, 6.07) is 0.776. The topological polar surface area (TPSA) is 106 Å². The lowest BCUT2D eigenvalue weighted by molar-refractivity contribution is 0.00681. The first-order chi connectivity index (χ1) is 16.2. The van der Waals surface area contributed by atoms with Gasteiger partial charge in [-0.15, -0.1) is 0 Å². The van der Waals surface area contributed by atoms with Crippen molar-refractivity contribution in [3.63, 3.8) is 0 Å². The first-order valence-electron chi connectivity index (χ1n) is 12.6. The van der Waals surface area contributed by atoms with E-state index in [4.69, 9.17) is 19.4 Å². The molecule has 2 aromatic rings. The normalized spacial score (nSPS) is 26.9. The quantitative estimate of drug-likeness (QED) is 0.678. The van der Waals surface area contributed by atoms with Crippen LogP contribution in [0.4, 0.5) is 16.7 Å². The van der Waals surface area contributed by atoms with Crippen LogP contribution in [-0.4, -0.2) is 73.6 Å². The number of nitrogens with one attached hydrogen (secondary N) is 2. The second kappa shape index (κ2) is 8.87. The third-order valence-corrected chi connectivity index (χ3v) is 6.95. The van der Waals surface area contributed by atoms with Gasteiger partial charge < -0.3 is 25.0 Å². The van der Waals surface area contributed by atoms with Crippen molar-refractivity contribution in [1.29, 1.82) is 0 Å². The molecule has 2 N–H and O–H groups in total. The van der Waals surface area contributed by atoms with Crippen LogP contribution >= 0.6 is 0 Å². The van der Waals surface area contributed by atoms with E-state index in [0.29, 0.717) is 24.4 Å². The molecule has 34 heavy (non-hydrogen) atoms. The molecule has 0 aliphatic carbocycles. The standard InChI is InChI=1S/C24H37N7O3/c1-14(2)19-12-25-31-20(19)28-21(26-15-8-9-33-13-15)29-22(31)27-16-10-17-6-7-18(11-16)30(17)23(32)34-24(3,4)5/h12,14-18H,6-11,13H2,1-5H3,(H2,26,27,28,29). The summed E-state index contributed by atoms with van der Waals surface area (Å²) in [6.07, 6.45) is 6.38. The van der Waals surface area contributed by atoms with Gasteiger partial charge in [-0.2, -0.15) is 19.6 Å². The zero-order chi connectivity index (χ0) is 24.0. The highest BCUT2D eigenvalue weighted by atomic mass is 16.6. The number of anilines is 2. The minimum absolute atomic E-state index is 0.181. The number of piperidine rings is 1. The fraction of sp³-hybridized carbons (Fsp3) is 0.750. The Bertz CT molecular complexity index is 1030. The van der Waals surface area contributed by atoms with Gasteiger partial charge in [0.25, 0.3) is 0 Å². The molecule has 1 amide bonds. The molecule has 2 bridgehead atoms. The van der Waals surface area contributed by atoms with Gasteiger partial charge >= 0.3 is 6.09 Å². The second-order valence-corrected chi connectivity index (χ2v) is 11.2. The summed E-state index contributed by atoms with van der Waals surface area (Å²) in [7, 11) is 0. The number of hydrogen-bond donors (Lipinski definition) is 2. The number of rotatable bonds is 5. The lowest BCUT2D eigenvalue weighted by atomic mass is 9.98. The Morgan fingerprint density at radius 2 is 1.85 bits per heavy atom. The largest absolute Gasteiger partial charge is 0.444 e. The van der Waals surface area contributed by atoms with Crippen LogP contribution in [0.15, 0.2) is 6.20 Å². The van der Waals surface area contributed by atoms with Gasteiger partial charge in [0.05, 0.1) is 18.8 Å². The summed E-state index contributed by atoms with van der Waals surface area (Å²) in [5.41, 5.74) is 1.43. The van der Waals surface area contributed by atoms with Gasteiger partial charge in [-0.05, 0) is 58.8 Å². The zero-order valence-electron chi connectivity index (χ0n) is 20.9. The number of aromatic nitrogens is 4. The Hall–Kier alpha value is -2.62. The van der Waals surface area contributed by atoms with Crippen LogP contribution in [0.2, 0.25) is 0 Å². The first-order valence-corrected chi connectivity index (χ1v) is 12.6. The number of nitrogens with zero attached hydrogens (tertiary/aromatic N) is 5. The van der Waals surface area contributed by atoms with E-state index in [1.807, 2.05) is 36.4 Å². The maximum Gasteiger partial charge on any atom is 0.410 e. The fourth-order valence-corrected chi connectivity index (χ4v) is 5.38. The Morgan fingerprint density at radius 1 is 1.12 bits per heavy atom. The van der Waals surface area contributed by atoms with Gasteiger partial charge in [-0.1, -0.05) is 13.8 Å². The van der Waals surface area contributed by atoms with Crippen molar-refractivity contribution in [2.24, 2.45) is 0 Å². The van der Waals surface area contributed by atoms with E-state index < -0.39 is 5.60 Å². The van der Waals surface area contributed by atoms with Crippen LogP contribution in [0.1, 0.15) is 78.2 Å². The van der Waals surface area contributed by atoms with Gasteiger partial charge in [0, 0.05) is 30.3 Å². The molecule has 5 heterocycles. The molecular weight excluding hydrogens is 434 g/mol. The van der Waals surface area contributed by atoms with E-state index in [1.165, 1.54) is 0 Å². The first kappa shape index (κ1) is 23.1. The van der Waals surface area contributed by atoms with Crippen molar-refractivity contribution >= 4 is 23.6 Å². The number of fused-ring (bicyclic) bond motifs is 3. The van der Waals surface area contributed by atoms with Crippen LogP contribution in [0.5, 0.6) is 0 Å². The van der Waals surface area contributed by atoms with Crippen molar-refractivity contribution in [2.45, 2.75) is 102 Å². The van der Waals surface area contributed by atoms with Gasteiger partial charge in [0.15, 0.2) is 5.65 Å². The maximum absolute atomic E-state index is 12.8. The van der Waals surface area contributed by atoms with Gasteiger partial charge in [-0.25, -0.2) is 4.79 Å². The molecular formula is C24H37N7O3. The number of amides is 1. The molecule has 186 valence electrons. The predicted octanol–water partition coefficient (Wildman–Crippen LogP) is 3.79. The van der Waals surface area contributed by atoms with E-state index in [2.05, 4.69) is 29.6 Å². The number of ether oxygens (including phenoxy) is 2. The predicted molar refractivity (Wildman–Crippen MR) is 129 cm³/mol. The smallest absolute Gasteiger partial charge is 0.410 e. The molecule has 10 heteroatoms. The average Bonchev–Trinajstić information content (AvgIpc) is 3.45. The molecule has 3 unspecified atom stereocenters. The van der Waals surface area contributed by atoms with E-state index in [-0.39, 0.29) is 30.3 Å². The molecule has 0 aromatic carbocycles. The summed E-state index contributed by atoms with van der Waals surface area (Å²) in [6.45, 7) is 11.5. The molecule has 3 aliphatic heterocycles. The number of hydrogen-bond acceptors (Lipinski definition) is 8. The lowest BCUT2D eigenvalue weighted by Crippen LogP contribution is -2.51. The highest BCUT2D eigenvalue weighted by molar-refractivity contribution is 5.70. The van der Waals surface area contributed by atoms with Gasteiger partial charge in [0.2, 0.25) is 11.9 Å². The summed E-state index contributed by atoms with van der Waals surface area (Å²) >= 11 is 0. The summed E-state index contributed by atoms with van der Waals surface area (Å²) in [5.74, 6) is 1.59. The molecule has 0 spiro atoms. The minimum Gasteiger partial charge on any atom is -0.444 e. The van der Waals surface area contributed by atoms with Crippen LogP contribution in [-0.2, 0) is 9.47 Å². The van der Waals surface area contributed by atoms with Crippen molar-refractivity contribution in [1.82, 2.24) is 24.5 Å². The van der Waals surface area contributed by atoms with E-state index in [0.717, 1.165) is 49.9 Å². The van der Waals surface area contributed by atoms with Crippen molar-refractivity contribution in [2.75, 3.05) is 23.8 Å². The Kier molecular flexibility index (Phi) is 6.03. The Labute approximate surface area is 200 Å². The Balaban J connectivity index is 1.37. The fourth-order valence-electron chi connectivity index (χ4n) is 5.38. The van der Waals surface area contributed by atoms with Crippen LogP contribution in [0.3, 0.4) is 0 Å². The lowest BCUT2D eigenvalue weighted by Gasteiger charge is -2.39. The molecule has 2 aromatic heterocycles. The van der Waals surface area contributed by atoms with Crippen molar-refractivity contribution in [3.05, 3.63) is 11.8 Å². The SMILES string of the molecule is CC(C)c1cnn2c(NC3CC4CCC(C3)N4C(=O)OC(C)(C)C)nc(NC3CCOC3)nc12. The molecule has 3 aliphatic rings. The number of carbonyl (C=O) groups is 1. The monoisotopic (exact) mass is 471 g/mol. The molecule has 3 atom stereocenters. The van der Waals surface area contributed by atoms with Crippen LogP contribution in [0, 0.1) is 0 Å². The maximum atomic E-state index is 12.8. The molecule has 3 saturated heterocycles. The van der Waals surface area contributed by atoms with Crippen LogP contribution < -0.4 is 10.6 Å². The summed E-state index contributed by atoms with van der Waals surface area (Å²) < 4.78 is 13.0. The third-order valence-electron chi connectivity index (χ3n) is 6.95. The van der Waals surface area contributed by atoms with E-state index in [9.17, 15) is 4.79 Å². The van der Waals surface area contributed by atoms with Crippen molar-refractivity contribution < 1.29 is 14.3 Å². The van der Waals surface area contributed by atoms with Crippen molar-refractivity contribution in [3.8, 4) is 0 Å². The number of carbonyl (C=O) groups excluding carboxylic acids is 1. The molecule has 0 saturated carbocycles. The zero-order valence-corrected chi connectivity index (χ0v) is 20.9. The van der Waals surface area contributed by atoms with Gasteiger partial charge in [0.1, 0.15) is 5.60 Å².